The molecule has 1 N–H and O–H groups in total. The number of hydrogen-bond acceptors (Lipinski definition) is 4. The molecule has 0 atom stereocenters. The van der Waals surface area contributed by atoms with E-state index in [0.717, 1.165) is 30.6 Å². The summed E-state index contributed by atoms with van der Waals surface area (Å²) in [5, 5.41) is 9.11. The summed E-state index contributed by atoms with van der Waals surface area (Å²) in [6.07, 6.45) is 7.39. The number of aliphatic hydroxyl groups is 1. The number of aliphatic hydroxyl groups excluding tert-OH is 1. The number of nitrogens with zero attached hydrogens (tertiary/aromatic N) is 1. The predicted octanol–water partition coefficient (Wildman–Crippen LogP) is 1.94. The Kier molecular flexibility index (Phi) is 4.93. The topological polar surface area (TPSA) is 74.7 Å². The molecule has 2 rings (SSSR count). The van der Waals surface area contributed by atoms with Gasteiger partial charge in [0.25, 0.3) is 5.91 Å². The molecule has 0 bridgehead atoms. The quantitative estimate of drug-likeness (QED) is 0.812. The second-order valence-electron chi connectivity index (χ2n) is 6.16. The zero-order valence-corrected chi connectivity index (χ0v) is 12.6. The van der Waals surface area contributed by atoms with Gasteiger partial charge in [-0.1, -0.05) is 13.3 Å². The molecule has 0 aromatic rings. The summed E-state index contributed by atoms with van der Waals surface area (Å²) in [4.78, 5) is 37.0. The molecule has 2 amide bonds. The Morgan fingerprint density at radius 1 is 1.29 bits per heavy atom. The molecule has 0 spiro atoms. The second kappa shape index (κ2) is 6.52. The summed E-state index contributed by atoms with van der Waals surface area (Å²) >= 11 is 0. The second-order valence-corrected chi connectivity index (χ2v) is 6.16. The number of carbonyl (C=O) groups excluding carboxylic acids is 3. The van der Waals surface area contributed by atoms with Crippen molar-refractivity contribution in [3.05, 3.63) is 11.8 Å². The average molecular weight is 293 g/mol. The molecule has 21 heavy (non-hydrogen) atoms. The van der Waals surface area contributed by atoms with E-state index >= 15 is 0 Å². The maximum absolute atomic E-state index is 12.5. The highest BCUT2D eigenvalue weighted by atomic mass is 16.3. The third-order valence-corrected chi connectivity index (χ3v) is 4.37. The van der Waals surface area contributed by atoms with Crippen LogP contribution in [0.25, 0.3) is 0 Å². The molecule has 0 heterocycles. The lowest BCUT2D eigenvalue weighted by Crippen LogP contribution is -2.40. The third-order valence-electron chi connectivity index (χ3n) is 4.37. The van der Waals surface area contributed by atoms with Crippen LogP contribution in [-0.2, 0) is 14.4 Å². The van der Waals surface area contributed by atoms with Gasteiger partial charge in [-0.3, -0.25) is 19.3 Å². The van der Waals surface area contributed by atoms with Gasteiger partial charge in [0.1, 0.15) is 6.61 Å². The smallest absolute Gasteiger partial charge is 0.259 e. The number of carbonyl (C=O) groups is 3. The lowest BCUT2D eigenvalue weighted by atomic mass is 9.95. The summed E-state index contributed by atoms with van der Waals surface area (Å²) in [5.74, 6) is -0.969. The standard InChI is InChI=1S/C16H23NO4/c1-2-6-16(7-8-16)10-14(20)17(15(21)11-18)12-4-3-5-13(19)9-12/h9,18H,2-8,10-11H2,1H3. The first-order chi connectivity index (χ1) is 10.0. The van der Waals surface area contributed by atoms with E-state index in [2.05, 4.69) is 6.92 Å². The Bertz CT molecular complexity index is 477. The molecule has 0 unspecified atom stereocenters. The van der Waals surface area contributed by atoms with Gasteiger partial charge in [-0.2, -0.15) is 0 Å². The van der Waals surface area contributed by atoms with E-state index in [1.165, 1.54) is 6.08 Å². The van der Waals surface area contributed by atoms with Crippen LogP contribution in [0, 0.1) is 5.41 Å². The van der Waals surface area contributed by atoms with Crippen molar-refractivity contribution < 1.29 is 19.5 Å². The number of allylic oxidation sites excluding steroid dienone is 2. The summed E-state index contributed by atoms with van der Waals surface area (Å²) in [5.41, 5.74) is 0.488. The molecular weight excluding hydrogens is 270 g/mol. The minimum atomic E-state index is -0.710. The maximum atomic E-state index is 12.5. The minimum absolute atomic E-state index is 0.0407. The highest BCUT2D eigenvalue weighted by molar-refractivity contribution is 6.00. The van der Waals surface area contributed by atoms with Gasteiger partial charge in [0.15, 0.2) is 5.78 Å². The van der Waals surface area contributed by atoms with Gasteiger partial charge in [0, 0.05) is 24.6 Å². The Labute approximate surface area is 125 Å². The van der Waals surface area contributed by atoms with Crippen molar-refractivity contribution in [2.24, 2.45) is 5.41 Å². The van der Waals surface area contributed by atoms with Crippen LogP contribution in [0.1, 0.15) is 58.3 Å². The van der Waals surface area contributed by atoms with E-state index in [4.69, 9.17) is 5.11 Å². The fourth-order valence-corrected chi connectivity index (χ4v) is 3.10. The number of rotatable bonds is 6. The molecule has 1 fully saturated rings. The van der Waals surface area contributed by atoms with Crippen molar-refractivity contribution in [1.82, 2.24) is 4.90 Å². The fourth-order valence-electron chi connectivity index (χ4n) is 3.10. The molecular formula is C16H23NO4. The molecule has 0 aromatic heterocycles. The Morgan fingerprint density at radius 2 is 2.00 bits per heavy atom. The first kappa shape index (κ1) is 15.9. The third kappa shape index (κ3) is 3.79. The molecule has 116 valence electrons. The average Bonchev–Trinajstić information content (AvgIpc) is 3.18. The van der Waals surface area contributed by atoms with Gasteiger partial charge in [0.05, 0.1) is 0 Å². The van der Waals surface area contributed by atoms with E-state index < -0.39 is 12.5 Å². The molecule has 0 aromatic carbocycles. The lowest BCUT2D eigenvalue weighted by Gasteiger charge is -2.26. The Hall–Kier alpha value is -1.49. The summed E-state index contributed by atoms with van der Waals surface area (Å²) in [6.45, 7) is 1.38. The van der Waals surface area contributed by atoms with Crippen LogP contribution < -0.4 is 0 Å². The van der Waals surface area contributed by atoms with E-state index in [1.807, 2.05) is 0 Å². The largest absolute Gasteiger partial charge is 0.387 e. The van der Waals surface area contributed by atoms with Gasteiger partial charge >= 0.3 is 0 Å². The zero-order chi connectivity index (χ0) is 15.5. The maximum Gasteiger partial charge on any atom is 0.259 e. The van der Waals surface area contributed by atoms with Crippen LogP contribution in [-0.4, -0.2) is 34.2 Å². The SMILES string of the molecule is CCCC1(CC(=O)N(C(=O)CO)C2=CC(=O)CCC2)CC1. The number of ketones is 1. The first-order valence-electron chi connectivity index (χ1n) is 7.71. The van der Waals surface area contributed by atoms with Crippen LogP contribution in [0.3, 0.4) is 0 Å². The number of amides is 2. The predicted molar refractivity (Wildman–Crippen MR) is 77.1 cm³/mol. The minimum Gasteiger partial charge on any atom is -0.387 e. The van der Waals surface area contributed by atoms with Crippen molar-refractivity contribution >= 4 is 17.6 Å². The molecule has 0 saturated heterocycles. The van der Waals surface area contributed by atoms with Crippen molar-refractivity contribution in [2.45, 2.75) is 58.3 Å². The van der Waals surface area contributed by atoms with E-state index in [0.29, 0.717) is 31.4 Å². The molecule has 5 heteroatoms. The zero-order valence-electron chi connectivity index (χ0n) is 12.6. The first-order valence-corrected chi connectivity index (χ1v) is 7.71. The molecule has 2 aliphatic rings. The van der Waals surface area contributed by atoms with E-state index in [-0.39, 0.29) is 17.1 Å². The van der Waals surface area contributed by atoms with Gasteiger partial charge in [-0.05, 0) is 37.5 Å². The molecule has 0 radical (unpaired) electrons. The normalized spacial score (nSPS) is 19.9. The summed E-state index contributed by atoms with van der Waals surface area (Å²) < 4.78 is 0. The van der Waals surface area contributed by atoms with Crippen molar-refractivity contribution in [2.75, 3.05) is 6.61 Å². The molecule has 0 aliphatic heterocycles. The van der Waals surface area contributed by atoms with Crippen LogP contribution in [0.4, 0.5) is 0 Å². The van der Waals surface area contributed by atoms with Crippen LogP contribution >= 0.6 is 0 Å². The summed E-state index contributed by atoms with van der Waals surface area (Å²) in [6, 6.07) is 0. The van der Waals surface area contributed by atoms with Gasteiger partial charge in [-0.25, -0.2) is 0 Å². The monoisotopic (exact) mass is 293 g/mol. The van der Waals surface area contributed by atoms with Gasteiger partial charge in [-0.15, -0.1) is 0 Å². The van der Waals surface area contributed by atoms with Crippen LogP contribution in [0.2, 0.25) is 0 Å². The van der Waals surface area contributed by atoms with Crippen molar-refractivity contribution in [3.63, 3.8) is 0 Å². The molecule has 1 saturated carbocycles. The van der Waals surface area contributed by atoms with Gasteiger partial charge in [0.2, 0.25) is 5.91 Å². The van der Waals surface area contributed by atoms with Crippen molar-refractivity contribution in [1.29, 1.82) is 0 Å². The highest BCUT2D eigenvalue weighted by Crippen LogP contribution is 2.53. The molecule has 5 nitrogen and oxygen atoms in total. The van der Waals surface area contributed by atoms with Crippen LogP contribution in [0.5, 0.6) is 0 Å². The fraction of sp³-hybridized carbons (Fsp3) is 0.688. The van der Waals surface area contributed by atoms with Gasteiger partial charge < -0.3 is 5.11 Å². The highest BCUT2D eigenvalue weighted by Gasteiger charge is 2.45. The summed E-state index contributed by atoms with van der Waals surface area (Å²) in [7, 11) is 0. The molecule has 2 aliphatic carbocycles. The Morgan fingerprint density at radius 3 is 2.52 bits per heavy atom. The van der Waals surface area contributed by atoms with E-state index in [9.17, 15) is 14.4 Å². The number of hydrogen-bond donors (Lipinski definition) is 1. The lowest BCUT2D eigenvalue weighted by molar-refractivity contribution is -0.145. The van der Waals surface area contributed by atoms with Crippen molar-refractivity contribution in [3.8, 4) is 0 Å². The number of imide groups is 1. The van der Waals surface area contributed by atoms with Crippen LogP contribution in [0.15, 0.2) is 11.8 Å². The van der Waals surface area contributed by atoms with E-state index in [1.54, 1.807) is 0 Å². The Balaban J connectivity index is 2.14.